The van der Waals surface area contributed by atoms with Crippen LogP contribution in [-0.4, -0.2) is 52.2 Å². The number of rotatable bonds is 6. The average molecular weight is 301 g/mol. The van der Waals surface area contributed by atoms with E-state index in [0.717, 1.165) is 4.31 Å². The van der Waals surface area contributed by atoms with Gasteiger partial charge >= 0.3 is 5.97 Å². The van der Waals surface area contributed by atoms with E-state index in [4.69, 9.17) is 5.73 Å². The van der Waals surface area contributed by atoms with Gasteiger partial charge in [0.05, 0.1) is 18.4 Å². The number of nitrogens with one attached hydrogen (secondary N) is 1. The minimum absolute atomic E-state index is 0.0437. The molecule has 0 fully saturated rings. The van der Waals surface area contributed by atoms with E-state index in [-0.39, 0.29) is 17.9 Å². The number of ether oxygens (including phenoxy) is 1. The molecule has 0 amide bonds. The summed E-state index contributed by atoms with van der Waals surface area (Å²) in [4.78, 5) is 11.5. The first-order valence-corrected chi connectivity index (χ1v) is 7.50. The standard InChI is InChI=1S/C12H19N3O4S/c1-15(2)20(17,18)7-6-14-9-4-5-11(13)10(8-9)12(16)19-3/h4-5,8,14H,6-7,13H2,1-3H3. The minimum Gasteiger partial charge on any atom is -0.465 e. The molecule has 0 spiro atoms. The topological polar surface area (TPSA) is 102 Å². The van der Waals surface area contributed by atoms with Crippen molar-refractivity contribution < 1.29 is 17.9 Å². The number of nitrogens with zero attached hydrogens (tertiary/aromatic N) is 1. The summed E-state index contributed by atoms with van der Waals surface area (Å²) >= 11 is 0. The van der Waals surface area contributed by atoms with Gasteiger partial charge in [-0.3, -0.25) is 0 Å². The summed E-state index contributed by atoms with van der Waals surface area (Å²) in [7, 11) is 0.976. The number of sulfonamides is 1. The van der Waals surface area contributed by atoms with Gasteiger partial charge in [0, 0.05) is 32.0 Å². The second-order valence-corrected chi connectivity index (χ2v) is 6.62. The molecule has 0 radical (unpaired) electrons. The fraction of sp³-hybridized carbons (Fsp3) is 0.417. The lowest BCUT2D eigenvalue weighted by Gasteiger charge is -2.13. The van der Waals surface area contributed by atoms with Gasteiger partial charge in [0.1, 0.15) is 0 Å². The van der Waals surface area contributed by atoms with Gasteiger partial charge in [-0.25, -0.2) is 17.5 Å². The van der Waals surface area contributed by atoms with E-state index >= 15 is 0 Å². The maximum absolute atomic E-state index is 11.6. The van der Waals surface area contributed by atoms with E-state index < -0.39 is 16.0 Å². The van der Waals surface area contributed by atoms with E-state index in [1.54, 1.807) is 12.1 Å². The van der Waals surface area contributed by atoms with Crippen molar-refractivity contribution in [3.8, 4) is 0 Å². The third-order valence-electron chi connectivity index (χ3n) is 2.70. The van der Waals surface area contributed by atoms with Gasteiger partial charge in [-0.1, -0.05) is 0 Å². The van der Waals surface area contributed by atoms with Crippen LogP contribution in [0.3, 0.4) is 0 Å². The van der Waals surface area contributed by atoms with Crippen LogP contribution in [0.1, 0.15) is 10.4 Å². The van der Waals surface area contributed by atoms with Crippen LogP contribution in [0, 0.1) is 0 Å². The highest BCUT2D eigenvalue weighted by molar-refractivity contribution is 7.89. The van der Waals surface area contributed by atoms with Crippen LogP contribution < -0.4 is 11.1 Å². The van der Waals surface area contributed by atoms with E-state index in [2.05, 4.69) is 10.1 Å². The maximum Gasteiger partial charge on any atom is 0.340 e. The second-order valence-electron chi connectivity index (χ2n) is 4.32. The molecule has 0 aromatic heterocycles. The number of carbonyl (C=O) groups is 1. The summed E-state index contributed by atoms with van der Waals surface area (Å²) in [5.41, 5.74) is 6.83. The quantitative estimate of drug-likeness (QED) is 0.581. The van der Waals surface area contributed by atoms with Crippen molar-refractivity contribution in [1.82, 2.24) is 4.31 Å². The van der Waals surface area contributed by atoms with Crippen LogP contribution in [0.4, 0.5) is 11.4 Å². The highest BCUT2D eigenvalue weighted by Crippen LogP contribution is 2.18. The molecule has 3 N–H and O–H groups in total. The van der Waals surface area contributed by atoms with Crippen molar-refractivity contribution in [1.29, 1.82) is 0 Å². The largest absolute Gasteiger partial charge is 0.465 e. The Hall–Kier alpha value is -1.80. The van der Waals surface area contributed by atoms with E-state index in [1.165, 1.54) is 27.3 Å². The Balaban J connectivity index is 2.73. The molecular weight excluding hydrogens is 282 g/mol. The van der Waals surface area contributed by atoms with Crippen molar-refractivity contribution in [2.75, 3.05) is 44.6 Å². The molecule has 0 heterocycles. The molecule has 0 aliphatic heterocycles. The Morgan fingerprint density at radius 3 is 2.60 bits per heavy atom. The summed E-state index contributed by atoms with van der Waals surface area (Å²) in [6.45, 7) is 0.227. The summed E-state index contributed by atoms with van der Waals surface area (Å²) < 4.78 is 29.0. The van der Waals surface area contributed by atoms with Gasteiger partial charge in [0.2, 0.25) is 10.0 Å². The third-order valence-corrected chi connectivity index (χ3v) is 4.54. The molecule has 1 rings (SSSR count). The van der Waals surface area contributed by atoms with E-state index in [1.807, 2.05) is 0 Å². The van der Waals surface area contributed by atoms with Crippen molar-refractivity contribution >= 4 is 27.4 Å². The number of benzene rings is 1. The molecule has 0 saturated heterocycles. The number of carbonyl (C=O) groups excluding carboxylic acids is 1. The molecule has 112 valence electrons. The smallest absolute Gasteiger partial charge is 0.340 e. The van der Waals surface area contributed by atoms with E-state index in [0.29, 0.717) is 11.4 Å². The first-order valence-electron chi connectivity index (χ1n) is 5.90. The molecule has 7 nitrogen and oxygen atoms in total. The highest BCUT2D eigenvalue weighted by atomic mass is 32.2. The Morgan fingerprint density at radius 1 is 1.40 bits per heavy atom. The lowest BCUT2D eigenvalue weighted by atomic mass is 10.1. The molecule has 20 heavy (non-hydrogen) atoms. The zero-order valence-electron chi connectivity index (χ0n) is 11.7. The van der Waals surface area contributed by atoms with Gasteiger partial charge in [-0.05, 0) is 18.2 Å². The number of esters is 1. The van der Waals surface area contributed by atoms with E-state index in [9.17, 15) is 13.2 Å². The zero-order valence-corrected chi connectivity index (χ0v) is 12.5. The Labute approximate surface area is 118 Å². The molecule has 0 bridgehead atoms. The second kappa shape index (κ2) is 6.58. The lowest BCUT2D eigenvalue weighted by molar-refractivity contribution is 0.0602. The first kappa shape index (κ1) is 16.3. The molecule has 8 heteroatoms. The van der Waals surface area contributed by atoms with Gasteiger partial charge < -0.3 is 15.8 Å². The van der Waals surface area contributed by atoms with Crippen LogP contribution in [0.2, 0.25) is 0 Å². The first-order chi connectivity index (χ1) is 9.27. The van der Waals surface area contributed by atoms with Gasteiger partial charge in [-0.2, -0.15) is 0 Å². The molecule has 1 aromatic rings. The molecule has 0 atom stereocenters. The number of nitrogens with two attached hydrogens (primary N) is 1. The number of anilines is 2. The lowest BCUT2D eigenvalue weighted by Crippen LogP contribution is -2.28. The molecule has 0 unspecified atom stereocenters. The van der Waals surface area contributed by atoms with Crippen molar-refractivity contribution in [2.24, 2.45) is 0 Å². The summed E-state index contributed by atoms with van der Waals surface area (Å²) in [5, 5.41) is 2.93. The Bertz CT molecular complexity index is 584. The monoisotopic (exact) mass is 301 g/mol. The maximum atomic E-state index is 11.6. The predicted molar refractivity (Wildman–Crippen MR) is 78.2 cm³/mol. The molecule has 0 aliphatic rings. The van der Waals surface area contributed by atoms with Crippen LogP contribution in [-0.2, 0) is 14.8 Å². The fourth-order valence-corrected chi connectivity index (χ4v) is 2.19. The van der Waals surface area contributed by atoms with Gasteiger partial charge in [0.25, 0.3) is 0 Å². The molecule has 0 aliphatic carbocycles. The normalized spacial score (nSPS) is 11.4. The minimum atomic E-state index is -3.25. The van der Waals surface area contributed by atoms with Crippen LogP contribution in [0.25, 0.3) is 0 Å². The summed E-state index contributed by atoms with van der Waals surface area (Å²) in [5.74, 6) is -0.579. The van der Waals surface area contributed by atoms with Crippen LogP contribution in [0.5, 0.6) is 0 Å². The number of hydrogen-bond acceptors (Lipinski definition) is 6. The van der Waals surface area contributed by atoms with Crippen LogP contribution >= 0.6 is 0 Å². The third kappa shape index (κ3) is 4.10. The SMILES string of the molecule is COC(=O)c1cc(NCCS(=O)(=O)N(C)C)ccc1N. The number of hydrogen-bond donors (Lipinski definition) is 2. The number of methoxy groups -OCH3 is 1. The molecule has 0 saturated carbocycles. The van der Waals surface area contributed by atoms with Crippen molar-refractivity contribution in [3.05, 3.63) is 23.8 Å². The average Bonchev–Trinajstić information content (AvgIpc) is 2.39. The summed E-state index contributed by atoms with van der Waals surface area (Å²) in [6.07, 6.45) is 0. The molecular formula is C12H19N3O4S. The number of nitrogen functional groups attached to an aromatic ring is 1. The molecule has 1 aromatic carbocycles. The van der Waals surface area contributed by atoms with Crippen LogP contribution in [0.15, 0.2) is 18.2 Å². The van der Waals surface area contributed by atoms with Gasteiger partial charge in [-0.15, -0.1) is 0 Å². The summed E-state index contributed by atoms with van der Waals surface area (Å²) in [6, 6.07) is 4.77. The van der Waals surface area contributed by atoms with Crippen molar-refractivity contribution in [2.45, 2.75) is 0 Å². The zero-order chi connectivity index (χ0) is 15.3. The van der Waals surface area contributed by atoms with Gasteiger partial charge in [0.15, 0.2) is 0 Å². The highest BCUT2D eigenvalue weighted by Gasteiger charge is 2.14. The Morgan fingerprint density at radius 2 is 2.05 bits per heavy atom. The Kier molecular flexibility index (Phi) is 5.34. The van der Waals surface area contributed by atoms with Crippen molar-refractivity contribution in [3.63, 3.8) is 0 Å². The predicted octanol–water partition coefficient (Wildman–Crippen LogP) is 0.359. The fourth-order valence-electron chi connectivity index (χ4n) is 1.46.